The molecule has 0 spiro atoms. The van der Waals surface area contributed by atoms with Gasteiger partial charge >= 0.3 is 6.18 Å². The number of alkyl halides is 3. The van der Waals surface area contributed by atoms with Gasteiger partial charge in [-0.05, 0) is 61.2 Å². The van der Waals surface area contributed by atoms with Gasteiger partial charge in [0.1, 0.15) is 0 Å². The Morgan fingerprint density at radius 1 is 0.796 bits per heavy atom. The minimum Gasteiger partial charge on any atom is -0.390 e. The summed E-state index contributed by atoms with van der Waals surface area (Å²) >= 11 is 0. The molecule has 0 aliphatic heterocycles. The molecule has 0 saturated heterocycles. The van der Waals surface area contributed by atoms with Gasteiger partial charge in [-0.3, -0.25) is 14.3 Å². The van der Waals surface area contributed by atoms with Crippen LogP contribution in [0.5, 0.6) is 0 Å². The zero-order valence-corrected chi connectivity index (χ0v) is 27.8. The van der Waals surface area contributed by atoms with Gasteiger partial charge in [0.15, 0.2) is 0 Å². The molecule has 0 heterocycles. The number of rotatable bonds is 15. The van der Waals surface area contributed by atoms with Crippen molar-refractivity contribution in [1.29, 1.82) is 0 Å². The van der Waals surface area contributed by atoms with Crippen molar-refractivity contribution in [1.82, 2.24) is 16.0 Å². The quantitative estimate of drug-likeness (QED) is 0.112. The number of halogens is 3. The number of nitrogens with one attached hydrogen (secondary N) is 4. The fraction of sp³-hybridized carbons (Fsp3) is 0.278. The number of aliphatic hydroxyl groups is 1. The highest BCUT2D eigenvalue weighted by molar-refractivity contribution is 7.92. The molecular formula is C36H39F3N4O5S. The minimum atomic E-state index is -4.49. The summed E-state index contributed by atoms with van der Waals surface area (Å²) in [5, 5.41) is 19.8. The van der Waals surface area contributed by atoms with Gasteiger partial charge in [0.05, 0.1) is 35.2 Å². The molecule has 0 aliphatic rings. The number of sulfonamides is 1. The van der Waals surface area contributed by atoms with Gasteiger partial charge in [-0.2, -0.15) is 13.2 Å². The molecule has 4 aromatic rings. The first-order chi connectivity index (χ1) is 23.2. The number of aliphatic hydroxyl groups excluding tert-OH is 1. The van der Waals surface area contributed by atoms with Crippen molar-refractivity contribution in [3.05, 3.63) is 137 Å². The normalized spacial score (nSPS) is 13.6. The zero-order chi connectivity index (χ0) is 35.6. The summed E-state index contributed by atoms with van der Waals surface area (Å²) in [4.78, 5) is 27.1. The fourth-order valence-electron chi connectivity index (χ4n) is 5.07. The van der Waals surface area contributed by atoms with Gasteiger partial charge < -0.3 is 21.1 Å². The van der Waals surface area contributed by atoms with Crippen LogP contribution < -0.4 is 20.7 Å². The van der Waals surface area contributed by atoms with E-state index in [1.165, 1.54) is 37.3 Å². The van der Waals surface area contributed by atoms with E-state index in [1.54, 1.807) is 19.1 Å². The summed E-state index contributed by atoms with van der Waals surface area (Å²) < 4.78 is 66.7. The fourth-order valence-corrected chi connectivity index (χ4v) is 5.69. The van der Waals surface area contributed by atoms with Crippen molar-refractivity contribution >= 4 is 27.5 Å². The third kappa shape index (κ3) is 11.2. The van der Waals surface area contributed by atoms with E-state index in [0.717, 1.165) is 23.3 Å². The maximum Gasteiger partial charge on any atom is 0.416 e. The molecule has 0 radical (unpaired) electrons. The smallest absolute Gasteiger partial charge is 0.390 e. The average Bonchev–Trinajstić information content (AvgIpc) is 3.08. The maximum absolute atomic E-state index is 13.7. The van der Waals surface area contributed by atoms with E-state index in [-0.39, 0.29) is 42.1 Å². The SMILES string of the molecule is CCS(=O)(=O)Nc1cc(C(=O)N[C@@H](Cc2ccccc2)[C@H](O)CNCc2cccc(C(F)(F)F)c2)cc(C(=O)N[C@H](C)c2ccccc2)c1. The summed E-state index contributed by atoms with van der Waals surface area (Å²) in [5.41, 5.74) is 1.23. The number of amides is 2. The molecule has 0 bridgehead atoms. The Balaban J connectivity index is 1.56. The molecule has 9 nitrogen and oxygen atoms in total. The topological polar surface area (TPSA) is 137 Å². The van der Waals surface area contributed by atoms with Crippen molar-refractivity contribution < 1.29 is 36.3 Å². The molecule has 4 rings (SSSR count). The van der Waals surface area contributed by atoms with E-state index in [4.69, 9.17) is 0 Å². The lowest BCUT2D eigenvalue weighted by Gasteiger charge is -2.25. The summed E-state index contributed by atoms with van der Waals surface area (Å²) in [5.74, 6) is -1.46. The minimum absolute atomic E-state index is 0.00919. The van der Waals surface area contributed by atoms with Crippen molar-refractivity contribution in [2.75, 3.05) is 17.0 Å². The van der Waals surface area contributed by atoms with Crippen LogP contribution in [0.3, 0.4) is 0 Å². The van der Waals surface area contributed by atoms with Crippen molar-refractivity contribution in [3.8, 4) is 0 Å². The van der Waals surface area contributed by atoms with Gasteiger partial charge in [0.2, 0.25) is 10.0 Å². The van der Waals surface area contributed by atoms with E-state index in [9.17, 15) is 36.3 Å². The number of hydrogen-bond donors (Lipinski definition) is 5. The Morgan fingerprint density at radius 2 is 1.39 bits per heavy atom. The van der Waals surface area contributed by atoms with E-state index < -0.39 is 51.8 Å². The van der Waals surface area contributed by atoms with E-state index in [1.807, 2.05) is 48.5 Å². The van der Waals surface area contributed by atoms with Crippen molar-refractivity contribution in [3.63, 3.8) is 0 Å². The average molecular weight is 697 g/mol. The molecule has 0 aromatic heterocycles. The highest BCUT2D eigenvalue weighted by Gasteiger charge is 2.30. The van der Waals surface area contributed by atoms with Crippen LogP contribution >= 0.6 is 0 Å². The Morgan fingerprint density at radius 3 is 2.00 bits per heavy atom. The Bertz CT molecular complexity index is 1820. The summed E-state index contributed by atoms with van der Waals surface area (Å²) in [7, 11) is -3.77. The van der Waals surface area contributed by atoms with Crippen LogP contribution in [0.4, 0.5) is 18.9 Å². The molecule has 2 amide bonds. The van der Waals surface area contributed by atoms with Gasteiger partial charge in [-0.15, -0.1) is 0 Å². The number of benzene rings is 4. The third-order valence-corrected chi connectivity index (χ3v) is 9.08. The van der Waals surface area contributed by atoms with Crippen LogP contribution in [0.15, 0.2) is 103 Å². The molecule has 0 aliphatic carbocycles. The molecule has 260 valence electrons. The van der Waals surface area contributed by atoms with Crippen LogP contribution in [-0.2, 0) is 29.2 Å². The Kier molecular flexibility index (Phi) is 12.6. The molecule has 5 N–H and O–H groups in total. The second-order valence-electron chi connectivity index (χ2n) is 11.6. The first-order valence-electron chi connectivity index (χ1n) is 15.6. The molecule has 0 fully saturated rings. The molecule has 49 heavy (non-hydrogen) atoms. The van der Waals surface area contributed by atoms with Crippen LogP contribution in [0, 0.1) is 0 Å². The lowest BCUT2D eigenvalue weighted by Crippen LogP contribution is -2.48. The molecule has 0 saturated carbocycles. The number of hydrogen-bond acceptors (Lipinski definition) is 6. The second-order valence-corrected chi connectivity index (χ2v) is 13.6. The molecule has 0 unspecified atom stereocenters. The summed E-state index contributed by atoms with van der Waals surface area (Å²) in [6.07, 6.45) is -5.48. The lowest BCUT2D eigenvalue weighted by molar-refractivity contribution is -0.137. The first-order valence-corrected chi connectivity index (χ1v) is 17.3. The van der Waals surface area contributed by atoms with Gasteiger partial charge in [-0.1, -0.05) is 78.9 Å². The van der Waals surface area contributed by atoms with Crippen molar-refractivity contribution in [2.24, 2.45) is 0 Å². The van der Waals surface area contributed by atoms with Crippen LogP contribution in [0.1, 0.15) is 62.9 Å². The number of anilines is 1. The highest BCUT2D eigenvalue weighted by Crippen LogP contribution is 2.29. The Labute approximate surface area is 284 Å². The predicted molar refractivity (Wildman–Crippen MR) is 182 cm³/mol. The molecule has 3 atom stereocenters. The van der Waals surface area contributed by atoms with Crippen LogP contribution in [-0.4, -0.2) is 49.8 Å². The van der Waals surface area contributed by atoms with Gasteiger partial charge in [-0.25, -0.2) is 8.42 Å². The number of carbonyl (C=O) groups excluding carboxylic acids is 2. The monoisotopic (exact) mass is 696 g/mol. The molecule has 13 heteroatoms. The van der Waals surface area contributed by atoms with E-state index in [2.05, 4.69) is 20.7 Å². The number of carbonyl (C=O) groups is 2. The summed E-state index contributed by atoms with van der Waals surface area (Å²) in [6, 6.07) is 25.8. The second kappa shape index (κ2) is 16.6. The molecular weight excluding hydrogens is 657 g/mol. The standard InChI is InChI=1S/C36H39F3N4O5S/c1-3-49(47,48)43-31-20-28(34(45)41-24(2)27-14-8-5-9-15-27)19-29(21-31)35(46)42-32(18-25-11-6-4-7-12-25)33(44)23-40-22-26-13-10-16-30(17-26)36(37,38)39/h4-17,19-21,24,32-33,40,43-44H,3,18,22-23H2,1-2H3,(H,41,45)(H,42,46)/t24-,32+,33-/m1/s1. The van der Waals surface area contributed by atoms with E-state index in [0.29, 0.717) is 5.56 Å². The Hall–Kier alpha value is -4.72. The van der Waals surface area contributed by atoms with Crippen molar-refractivity contribution in [2.45, 2.75) is 51.2 Å². The predicted octanol–water partition coefficient (Wildman–Crippen LogP) is 5.45. The third-order valence-electron chi connectivity index (χ3n) is 7.77. The summed E-state index contributed by atoms with van der Waals surface area (Å²) in [6.45, 7) is 3.20. The van der Waals surface area contributed by atoms with Gasteiger partial charge in [0.25, 0.3) is 11.8 Å². The zero-order valence-electron chi connectivity index (χ0n) is 27.0. The highest BCUT2D eigenvalue weighted by atomic mass is 32.2. The maximum atomic E-state index is 13.7. The largest absolute Gasteiger partial charge is 0.416 e. The van der Waals surface area contributed by atoms with Crippen LogP contribution in [0.25, 0.3) is 0 Å². The van der Waals surface area contributed by atoms with Crippen LogP contribution in [0.2, 0.25) is 0 Å². The van der Waals surface area contributed by atoms with E-state index >= 15 is 0 Å². The first kappa shape index (κ1) is 37.1. The molecule has 4 aromatic carbocycles. The van der Waals surface area contributed by atoms with Gasteiger partial charge in [0, 0.05) is 24.2 Å². The lowest BCUT2D eigenvalue weighted by atomic mass is 10.00.